The Bertz CT molecular complexity index is 1140. The summed E-state index contributed by atoms with van der Waals surface area (Å²) in [5, 5.41) is 0. The second kappa shape index (κ2) is 8.46. The Morgan fingerprint density at radius 2 is 1.77 bits per heavy atom. The zero-order chi connectivity index (χ0) is 21.4. The number of para-hydroxylation sites is 3. The number of hydrogen-bond acceptors (Lipinski definition) is 3. The van der Waals surface area contributed by atoms with E-state index in [0.29, 0.717) is 13.0 Å². The average molecular weight is 481 g/mol. The SMILES string of the molecule is O=C(Cn1c(C2CC(=O)N(c3ccccc3Br)C2)nc2ccccc21)N1CCCCC1. The van der Waals surface area contributed by atoms with Crippen molar-refractivity contribution in [2.75, 3.05) is 24.5 Å². The highest BCUT2D eigenvalue weighted by Crippen LogP contribution is 2.36. The first-order valence-corrected chi connectivity index (χ1v) is 11.7. The molecule has 3 heterocycles. The van der Waals surface area contributed by atoms with Crippen molar-refractivity contribution < 1.29 is 9.59 Å². The summed E-state index contributed by atoms with van der Waals surface area (Å²) >= 11 is 3.56. The van der Waals surface area contributed by atoms with E-state index in [1.165, 1.54) is 6.42 Å². The Labute approximate surface area is 190 Å². The van der Waals surface area contributed by atoms with E-state index < -0.39 is 0 Å². The smallest absolute Gasteiger partial charge is 0.242 e. The lowest BCUT2D eigenvalue weighted by molar-refractivity contribution is -0.132. The van der Waals surface area contributed by atoms with E-state index in [2.05, 4.69) is 15.9 Å². The molecule has 1 atom stereocenters. The number of carbonyl (C=O) groups excluding carboxylic acids is 2. The maximum atomic E-state index is 13.1. The molecule has 2 aliphatic rings. The molecule has 3 aromatic rings. The van der Waals surface area contributed by atoms with Crippen LogP contribution in [-0.2, 0) is 16.1 Å². The van der Waals surface area contributed by atoms with Gasteiger partial charge in [-0.2, -0.15) is 0 Å². The number of amides is 2. The molecule has 31 heavy (non-hydrogen) atoms. The number of carbonyl (C=O) groups is 2. The summed E-state index contributed by atoms with van der Waals surface area (Å²) in [6.45, 7) is 2.50. The van der Waals surface area contributed by atoms with E-state index >= 15 is 0 Å². The van der Waals surface area contributed by atoms with Gasteiger partial charge in [-0.25, -0.2) is 4.98 Å². The minimum Gasteiger partial charge on any atom is -0.341 e. The number of likely N-dealkylation sites (tertiary alicyclic amines) is 1. The first kappa shape index (κ1) is 20.2. The highest BCUT2D eigenvalue weighted by Gasteiger charge is 2.36. The lowest BCUT2D eigenvalue weighted by Gasteiger charge is -2.27. The number of anilines is 1. The Morgan fingerprint density at radius 1 is 1.03 bits per heavy atom. The summed E-state index contributed by atoms with van der Waals surface area (Å²) in [6, 6.07) is 15.7. The maximum Gasteiger partial charge on any atom is 0.242 e. The third-order valence-corrected chi connectivity index (χ3v) is 6.99. The van der Waals surface area contributed by atoms with Gasteiger partial charge < -0.3 is 14.4 Å². The Kier molecular flexibility index (Phi) is 5.52. The molecule has 5 rings (SSSR count). The summed E-state index contributed by atoms with van der Waals surface area (Å²) in [6.07, 6.45) is 3.73. The topological polar surface area (TPSA) is 58.4 Å². The molecule has 0 bridgehead atoms. The number of imidazole rings is 1. The predicted octanol–water partition coefficient (Wildman–Crippen LogP) is 4.33. The first-order chi connectivity index (χ1) is 15.1. The lowest BCUT2D eigenvalue weighted by atomic mass is 10.1. The van der Waals surface area contributed by atoms with Crippen LogP contribution >= 0.6 is 15.9 Å². The van der Waals surface area contributed by atoms with Gasteiger partial charge in [-0.3, -0.25) is 9.59 Å². The van der Waals surface area contributed by atoms with Crippen LogP contribution in [0, 0.1) is 0 Å². The summed E-state index contributed by atoms with van der Waals surface area (Å²) in [5.74, 6) is 0.990. The molecule has 1 aromatic heterocycles. The van der Waals surface area contributed by atoms with Gasteiger partial charge in [-0.15, -0.1) is 0 Å². The predicted molar refractivity (Wildman–Crippen MR) is 124 cm³/mol. The standard InChI is InChI=1S/C24H25BrN4O2/c25-18-8-2-4-10-20(18)28-15-17(14-22(28)30)24-26-19-9-3-5-11-21(19)29(24)16-23(31)27-12-6-1-7-13-27/h2-5,8-11,17H,1,6-7,12-16H2. The summed E-state index contributed by atoms with van der Waals surface area (Å²) in [7, 11) is 0. The number of rotatable bonds is 4. The van der Waals surface area contributed by atoms with Crippen LogP contribution in [0.3, 0.4) is 0 Å². The van der Waals surface area contributed by atoms with Crippen molar-refractivity contribution in [2.24, 2.45) is 0 Å². The van der Waals surface area contributed by atoms with E-state index in [1.807, 2.05) is 62.9 Å². The van der Waals surface area contributed by atoms with E-state index in [4.69, 9.17) is 4.98 Å². The van der Waals surface area contributed by atoms with E-state index in [0.717, 1.165) is 52.9 Å². The van der Waals surface area contributed by atoms with Gasteiger partial charge in [0, 0.05) is 36.4 Å². The lowest BCUT2D eigenvalue weighted by Crippen LogP contribution is -2.38. The average Bonchev–Trinajstić information content (AvgIpc) is 3.35. The normalized spacial score (nSPS) is 19.4. The number of halogens is 1. The van der Waals surface area contributed by atoms with Crippen molar-refractivity contribution in [1.29, 1.82) is 0 Å². The van der Waals surface area contributed by atoms with Gasteiger partial charge in [0.15, 0.2) is 0 Å². The van der Waals surface area contributed by atoms with E-state index in [1.54, 1.807) is 0 Å². The molecular formula is C24H25BrN4O2. The summed E-state index contributed by atoms with van der Waals surface area (Å²) in [5.41, 5.74) is 2.70. The van der Waals surface area contributed by atoms with Crippen LogP contribution in [0.4, 0.5) is 5.69 Å². The van der Waals surface area contributed by atoms with E-state index in [9.17, 15) is 9.59 Å². The Hall–Kier alpha value is -2.67. The molecule has 2 fully saturated rings. The number of fused-ring (bicyclic) bond motifs is 1. The van der Waals surface area contributed by atoms with Crippen molar-refractivity contribution >= 4 is 44.5 Å². The maximum absolute atomic E-state index is 13.1. The highest BCUT2D eigenvalue weighted by molar-refractivity contribution is 9.10. The summed E-state index contributed by atoms with van der Waals surface area (Å²) in [4.78, 5) is 34.6. The van der Waals surface area contributed by atoms with Crippen LogP contribution in [-0.4, -0.2) is 45.9 Å². The molecule has 7 heteroatoms. The number of piperidine rings is 1. The van der Waals surface area contributed by atoms with Crippen LogP contribution in [0.2, 0.25) is 0 Å². The number of nitrogens with zero attached hydrogens (tertiary/aromatic N) is 4. The zero-order valence-electron chi connectivity index (χ0n) is 17.3. The molecule has 2 saturated heterocycles. The Balaban J connectivity index is 1.47. The Morgan fingerprint density at radius 3 is 2.58 bits per heavy atom. The molecule has 160 valence electrons. The van der Waals surface area contributed by atoms with Crippen molar-refractivity contribution in [3.8, 4) is 0 Å². The fraction of sp³-hybridized carbons (Fsp3) is 0.375. The van der Waals surface area contributed by atoms with Crippen molar-refractivity contribution in [1.82, 2.24) is 14.5 Å². The fourth-order valence-corrected chi connectivity index (χ4v) is 5.23. The highest BCUT2D eigenvalue weighted by atomic mass is 79.9. The number of benzene rings is 2. The minimum atomic E-state index is -0.0545. The van der Waals surface area contributed by atoms with Crippen LogP contribution in [0.5, 0.6) is 0 Å². The van der Waals surface area contributed by atoms with Gasteiger partial charge in [0.05, 0.1) is 16.7 Å². The zero-order valence-corrected chi connectivity index (χ0v) is 18.9. The molecule has 0 spiro atoms. The molecule has 0 aliphatic carbocycles. The second-order valence-electron chi connectivity index (χ2n) is 8.34. The molecule has 2 amide bonds. The second-order valence-corrected chi connectivity index (χ2v) is 9.20. The van der Waals surface area contributed by atoms with Crippen LogP contribution < -0.4 is 4.90 Å². The third-order valence-electron chi connectivity index (χ3n) is 6.32. The first-order valence-electron chi connectivity index (χ1n) is 10.9. The molecule has 2 aliphatic heterocycles. The van der Waals surface area contributed by atoms with Gasteiger partial charge in [-0.1, -0.05) is 24.3 Å². The minimum absolute atomic E-state index is 0.0545. The van der Waals surface area contributed by atoms with Gasteiger partial charge in [-0.05, 0) is 59.5 Å². The number of hydrogen-bond donors (Lipinski definition) is 0. The van der Waals surface area contributed by atoms with Crippen LogP contribution in [0.25, 0.3) is 11.0 Å². The molecule has 0 radical (unpaired) electrons. The van der Waals surface area contributed by atoms with Crippen molar-refractivity contribution in [3.05, 3.63) is 58.8 Å². The molecule has 1 unspecified atom stereocenters. The molecule has 0 saturated carbocycles. The van der Waals surface area contributed by atoms with Gasteiger partial charge in [0.2, 0.25) is 11.8 Å². The van der Waals surface area contributed by atoms with Crippen LogP contribution in [0.1, 0.15) is 37.4 Å². The van der Waals surface area contributed by atoms with Gasteiger partial charge >= 0.3 is 0 Å². The molecule has 0 N–H and O–H groups in total. The van der Waals surface area contributed by atoms with E-state index in [-0.39, 0.29) is 24.3 Å². The third kappa shape index (κ3) is 3.87. The largest absolute Gasteiger partial charge is 0.341 e. The fourth-order valence-electron chi connectivity index (χ4n) is 4.73. The van der Waals surface area contributed by atoms with Crippen molar-refractivity contribution in [2.45, 2.75) is 38.1 Å². The van der Waals surface area contributed by atoms with Gasteiger partial charge in [0.25, 0.3) is 0 Å². The number of aromatic nitrogens is 2. The van der Waals surface area contributed by atoms with Gasteiger partial charge in [0.1, 0.15) is 12.4 Å². The summed E-state index contributed by atoms with van der Waals surface area (Å²) < 4.78 is 2.94. The molecular weight excluding hydrogens is 456 g/mol. The van der Waals surface area contributed by atoms with Crippen molar-refractivity contribution in [3.63, 3.8) is 0 Å². The molecule has 6 nitrogen and oxygen atoms in total. The quantitative estimate of drug-likeness (QED) is 0.558. The monoisotopic (exact) mass is 480 g/mol. The molecule has 2 aromatic carbocycles. The van der Waals surface area contributed by atoms with Crippen LogP contribution in [0.15, 0.2) is 53.0 Å².